The molecule has 0 saturated carbocycles. The number of hydrogen-bond acceptors (Lipinski definition) is 2. The Kier molecular flexibility index (Phi) is 4.93. The monoisotopic (exact) mass is 319 g/mol. The Hall–Kier alpha value is -1.52. The summed E-state index contributed by atoms with van der Waals surface area (Å²) < 4.78 is 0. The van der Waals surface area contributed by atoms with Crippen molar-refractivity contribution in [2.45, 2.75) is 57.9 Å². The normalized spacial score (nSPS) is 29.2. The number of carbonyl (C=O) groups is 2. The molecule has 3 aliphatic rings. The summed E-state index contributed by atoms with van der Waals surface area (Å²) >= 11 is 0. The maximum absolute atomic E-state index is 12.6. The predicted octanol–water partition coefficient (Wildman–Crippen LogP) is 2.53. The van der Waals surface area contributed by atoms with Crippen molar-refractivity contribution in [2.75, 3.05) is 26.2 Å². The lowest BCUT2D eigenvalue weighted by Gasteiger charge is -2.44. The molecule has 2 heterocycles. The number of amides is 3. The van der Waals surface area contributed by atoms with Crippen molar-refractivity contribution in [3.05, 3.63) is 12.2 Å². The molecule has 0 aromatic heterocycles. The summed E-state index contributed by atoms with van der Waals surface area (Å²) in [5.41, 5.74) is 0.304. The van der Waals surface area contributed by atoms with Crippen LogP contribution < -0.4 is 5.32 Å². The molecule has 2 atom stereocenters. The molecule has 2 saturated heterocycles. The molecule has 0 unspecified atom stereocenters. The van der Waals surface area contributed by atoms with Gasteiger partial charge in [0, 0.05) is 38.6 Å². The van der Waals surface area contributed by atoms with Crippen LogP contribution in [-0.4, -0.2) is 54.0 Å². The molecule has 2 fully saturated rings. The van der Waals surface area contributed by atoms with Crippen molar-refractivity contribution in [2.24, 2.45) is 5.41 Å². The molecule has 0 radical (unpaired) electrons. The molecule has 0 aromatic rings. The second-order valence-corrected chi connectivity index (χ2v) is 7.53. The number of urea groups is 1. The third kappa shape index (κ3) is 3.88. The Morgan fingerprint density at radius 3 is 2.87 bits per heavy atom. The van der Waals surface area contributed by atoms with Crippen molar-refractivity contribution < 1.29 is 9.59 Å². The predicted molar refractivity (Wildman–Crippen MR) is 90.0 cm³/mol. The van der Waals surface area contributed by atoms with E-state index in [2.05, 4.69) is 17.5 Å². The Labute approximate surface area is 139 Å². The largest absolute Gasteiger partial charge is 0.341 e. The number of hydrogen-bond donors (Lipinski definition) is 1. The molecular weight excluding hydrogens is 290 g/mol. The van der Waals surface area contributed by atoms with Crippen LogP contribution in [0, 0.1) is 5.41 Å². The van der Waals surface area contributed by atoms with Crippen LogP contribution in [0.4, 0.5) is 4.79 Å². The van der Waals surface area contributed by atoms with Crippen LogP contribution in [-0.2, 0) is 4.79 Å². The zero-order valence-electron chi connectivity index (χ0n) is 14.2. The first-order valence-corrected chi connectivity index (χ1v) is 9.06. The first-order valence-electron chi connectivity index (χ1n) is 9.06. The fraction of sp³-hybridized carbons (Fsp3) is 0.778. The quantitative estimate of drug-likeness (QED) is 0.813. The van der Waals surface area contributed by atoms with Crippen LogP contribution in [0.15, 0.2) is 12.2 Å². The smallest absolute Gasteiger partial charge is 0.317 e. The van der Waals surface area contributed by atoms with Crippen molar-refractivity contribution >= 4 is 11.9 Å². The highest BCUT2D eigenvalue weighted by Gasteiger charge is 2.37. The molecule has 0 bridgehead atoms. The highest BCUT2D eigenvalue weighted by molar-refractivity contribution is 5.78. The van der Waals surface area contributed by atoms with Crippen LogP contribution >= 0.6 is 0 Å². The van der Waals surface area contributed by atoms with Crippen LogP contribution in [0.1, 0.15) is 51.9 Å². The molecule has 128 valence electrons. The van der Waals surface area contributed by atoms with Gasteiger partial charge in [-0.05, 0) is 50.9 Å². The van der Waals surface area contributed by atoms with Gasteiger partial charge in [0.2, 0.25) is 5.91 Å². The first-order chi connectivity index (χ1) is 11.1. The summed E-state index contributed by atoms with van der Waals surface area (Å²) in [5.74, 6) is 0.219. The molecule has 3 rings (SSSR count). The minimum Gasteiger partial charge on any atom is -0.341 e. The first kappa shape index (κ1) is 16.3. The van der Waals surface area contributed by atoms with E-state index in [1.165, 1.54) is 12.8 Å². The van der Waals surface area contributed by atoms with E-state index in [9.17, 15) is 9.59 Å². The van der Waals surface area contributed by atoms with Crippen LogP contribution in [0.5, 0.6) is 0 Å². The standard InChI is InChI=1S/C18H29N3O2/c1-15(13-20-11-5-7-16(20)22)19-17(23)21-12-6-10-18(14-21)8-3-2-4-9-18/h2-3,15H,4-14H2,1H3,(H,19,23)/t15-,18-/m0/s1. The third-order valence-corrected chi connectivity index (χ3v) is 5.54. The van der Waals surface area contributed by atoms with Crippen LogP contribution in [0.2, 0.25) is 0 Å². The van der Waals surface area contributed by atoms with Crippen LogP contribution in [0.3, 0.4) is 0 Å². The molecular formula is C18H29N3O2. The SMILES string of the molecule is C[C@@H](CN1CCCC1=O)NC(=O)N1CCC[C@@]2(CC=CCC2)C1. The van der Waals surface area contributed by atoms with Gasteiger partial charge < -0.3 is 15.1 Å². The molecule has 1 aliphatic carbocycles. The third-order valence-electron chi connectivity index (χ3n) is 5.54. The van der Waals surface area contributed by atoms with Crippen molar-refractivity contribution in [3.63, 3.8) is 0 Å². The van der Waals surface area contributed by atoms with Gasteiger partial charge in [0.1, 0.15) is 0 Å². The lowest BCUT2D eigenvalue weighted by molar-refractivity contribution is -0.127. The average Bonchev–Trinajstić information content (AvgIpc) is 2.93. The van der Waals surface area contributed by atoms with Gasteiger partial charge in [0.15, 0.2) is 0 Å². The molecule has 1 N–H and O–H groups in total. The molecule has 23 heavy (non-hydrogen) atoms. The summed E-state index contributed by atoms with van der Waals surface area (Å²) in [5, 5.41) is 3.09. The molecule has 2 aliphatic heterocycles. The molecule has 0 aromatic carbocycles. The maximum Gasteiger partial charge on any atom is 0.317 e. The highest BCUT2D eigenvalue weighted by atomic mass is 16.2. The fourth-order valence-electron chi connectivity index (χ4n) is 4.27. The molecule has 5 nitrogen and oxygen atoms in total. The van der Waals surface area contributed by atoms with Gasteiger partial charge >= 0.3 is 6.03 Å². The second-order valence-electron chi connectivity index (χ2n) is 7.53. The van der Waals surface area contributed by atoms with E-state index < -0.39 is 0 Å². The Bertz CT molecular complexity index is 491. The number of nitrogens with one attached hydrogen (secondary N) is 1. The number of carbonyl (C=O) groups excluding carboxylic acids is 2. The zero-order valence-corrected chi connectivity index (χ0v) is 14.2. The van der Waals surface area contributed by atoms with Gasteiger partial charge in [-0.25, -0.2) is 4.79 Å². The summed E-state index contributed by atoms with van der Waals surface area (Å²) in [6.07, 6.45) is 11.9. The minimum atomic E-state index is 0.00804. The van der Waals surface area contributed by atoms with E-state index in [1.54, 1.807) is 0 Å². The van der Waals surface area contributed by atoms with Gasteiger partial charge in [-0.3, -0.25) is 4.79 Å². The fourth-order valence-corrected chi connectivity index (χ4v) is 4.27. The van der Waals surface area contributed by atoms with Gasteiger partial charge in [0.05, 0.1) is 0 Å². The van der Waals surface area contributed by atoms with Gasteiger partial charge in [-0.2, -0.15) is 0 Å². The van der Waals surface area contributed by atoms with E-state index in [0.717, 1.165) is 45.3 Å². The summed E-state index contributed by atoms with van der Waals surface area (Å²) in [6, 6.07) is 0.0476. The van der Waals surface area contributed by atoms with Crippen molar-refractivity contribution in [1.82, 2.24) is 15.1 Å². The van der Waals surface area contributed by atoms with E-state index in [-0.39, 0.29) is 18.0 Å². The van der Waals surface area contributed by atoms with E-state index in [4.69, 9.17) is 0 Å². The van der Waals surface area contributed by atoms with Gasteiger partial charge in [0.25, 0.3) is 0 Å². The number of allylic oxidation sites excluding steroid dienone is 2. The minimum absolute atomic E-state index is 0.00804. The van der Waals surface area contributed by atoms with Crippen molar-refractivity contribution in [1.29, 1.82) is 0 Å². The lowest BCUT2D eigenvalue weighted by Crippen LogP contribution is -2.53. The summed E-state index contributed by atoms with van der Waals surface area (Å²) in [7, 11) is 0. The molecule has 3 amide bonds. The van der Waals surface area contributed by atoms with E-state index in [1.807, 2.05) is 16.7 Å². The molecule has 1 spiro atoms. The second kappa shape index (κ2) is 6.93. The molecule has 5 heteroatoms. The number of likely N-dealkylation sites (tertiary alicyclic amines) is 2. The van der Waals surface area contributed by atoms with E-state index >= 15 is 0 Å². The Morgan fingerprint density at radius 1 is 1.30 bits per heavy atom. The van der Waals surface area contributed by atoms with E-state index in [0.29, 0.717) is 18.4 Å². The highest BCUT2D eigenvalue weighted by Crippen LogP contribution is 2.40. The average molecular weight is 319 g/mol. The Morgan fingerprint density at radius 2 is 2.17 bits per heavy atom. The van der Waals surface area contributed by atoms with Crippen molar-refractivity contribution in [3.8, 4) is 0 Å². The lowest BCUT2D eigenvalue weighted by atomic mass is 9.71. The van der Waals surface area contributed by atoms with Crippen LogP contribution in [0.25, 0.3) is 0 Å². The summed E-state index contributed by atoms with van der Waals surface area (Å²) in [6.45, 7) is 5.18. The zero-order chi connectivity index (χ0) is 16.3. The number of piperidine rings is 1. The number of rotatable bonds is 3. The number of nitrogens with zero attached hydrogens (tertiary/aromatic N) is 2. The van der Waals surface area contributed by atoms with Gasteiger partial charge in [-0.1, -0.05) is 12.2 Å². The van der Waals surface area contributed by atoms with Gasteiger partial charge in [-0.15, -0.1) is 0 Å². The topological polar surface area (TPSA) is 52.7 Å². The Balaban J connectivity index is 1.51. The maximum atomic E-state index is 12.6. The summed E-state index contributed by atoms with van der Waals surface area (Å²) in [4.78, 5) is 28.1.